The second-order valence-electron chi connectivity index (χ2n) is 8.69. The van der Waals surface area contributed by atoms with Crippen molar-refractivity contribution in [2.75, 3.05) is 78.5 Å². The summed E-state index contributed by atoms with van der Waals surface area (Å²) in [7, 11) is 5.39. The van der Waals surface area contributed by atoms with Crippen LogP contribution in [0.4, 0.5) is 5.69 Å². The van der Waals surface area contributed by atoms with Crippen LogP contribution in [0.15, 0.2) is 29.3 Å². The molecule has 0 bridgehead atoms. The van der Waals surface area contributed by atoms with Gasteiger partial charge in [-0.1, -0.05) is 0 Å². The fraction of sp³-hybridized carbons (Fsp3) is 0.667. The number of nitrogens with zero attached hydrogens (tertiary/aromatic N) is 5. The highest BCUT2D eigenvalue weighted by Crippen LogP contribution is 2.21. The predicted octanol–water partition coefficient (Wildman–Crippen LogP) is 1.73. The summed E-state index contributed by atoms with van der Waals surface area (Å²) in [5.74, 6) is 2.12. The molecule has 1 atom stereocenters. The number of hydrogen-bond acceptors (Lipinski definition) is 5. The van der Waals surface area contributed by atoms with Gasteiger partial charge in [-0.2, -0.15) is 0 Å². The number of hydrogen-bond donors (Lipinski definition) is 1. The van der Waals surface area contributed by atoms with Crippen LogP contribution in [-0.4, -0.2) is 106 Å². The predicted molar refractivity (Wildman–Crippen MR) is 131 cm³/mol. The summed E-state index contributed by atoms with van der Waals surface area (Å²) in [6.45, 7) is 9.54. The summed E-state index contributed by atoms with van der Waals surface area (Å²) in [4.78, 5) is 26.1. The Morgan fingerprint density at radius 3 is 2.50 bits per heavy atom. The number of rotatable bonds is 8. The fourth-order valence-electron chi connectivity index (χ4n) is 4.53. The van der Waals surface area contributed by atoms with Gasteiger partial charge in [0.25, 0.3) is 0 Å². The van der Waals surface area contributed by atoms with Crippen molar-refractivity contribution in [1.82, 2.24) is 20.0 Å². The molecule has 0 aromatic heterocycles. The van der Waals surface area contributed by atoms with Crippen LogP contribution < -0.4 is 15.0 Å². The number of carbonyl (C=O) groups is 1. The van der Waals surface area contributed by atoms with Crippen molar-refractivity contribution < 1.29 is 9.53 Å². The molecule has 1 aromatic rings. The second-order valence-corrected chi connectivity index (χ2v) is 8.69. The lowest BCUT2D eigenvalue weighted by atomic mass is 10.2. The molecule has 32 heavy (non-hydrogen) atoms. The van der Waals surface area contributed by atoms with Gasteiger partial charge in [-0.15, -0.1) is 0 Å². The largest absolute Gasteiger partial charge is 0.497 e. The quantitative estimate of drug-likeness (QED) is 0.374. The summed E-state index contributed by atoms with van der Waals surface area (Å²) < 4.78 is 5.27. The van der Waals surface area contributed by atoms with Crippen molar-refractivity contribution in [1.29, 1.82) is 0 Å². The molecule has 3 rings (SSSR count). The highest BCUT2D eigenvalue weighted by Gasteiger charge is 2.31. The summed E-state index contributed by atoms with van der Waals surface area (Å²) in [5, 5.41) is 3.46. The minimum Gasteiger partial charge on any atom is -0.497 e. The van der Waals surface area contributed by atoms with E-state index < -0.39 is 0 Å². The summed E-state index contributed by atoms with van der Waals surface area (Å²) in [5.41, 5.74) is 1.24. The highest BCUT2D eigenvalue weighted by atomic mass is 16.5. The summed E-state index contributed by atoms with van der Waals surface area (Å²) in [6.07, 6.45) is 3.05. The molecule has 0 saturated carbocycles. The zero-order valence-electron chi connectivity index (χ0n) is 20.2. The average Bonchev–Trinajstić information content (AvgIpc) is 3.29. The van der Waals surface area contributed by atoms with Crippen molar-refractivity contribution in [2.24, 2.45) is 4.99 Å². The Labute approximate surface area is 193 Å². The Hall–Kier alpha value is -2.48. The van der Waals surface area contributed by atoms with Crippen LogP contribution >= 0.6 is 0 Å². The van der Waals surface area contributed by atoms with Gasteiger partial charge in [0.05, 0.1) is 13.2 Å². The SMILES string of the molecule is CCNC(=NCCCN1CCCC1C(=O)N(C)C)N1CCN(c2ccc(OC)cc2)CC1. The third kappa shape index (κ3) is 6.28. The molecule has 2 aliphatic rings. The molecule has 8 heteroatoms. The van der Waals surface area contributed by atoms with E-state index in [2.05, 4.69) is 39.1 Å². The summed E-state index contributed by atoms with van der Waals surface area (Å²) >= 11 is 0. The number of methoxy groups -OCH3 is 1. The van der Waals surface area contributed by atoms with Crippen molar-refractivity contribution in [3.05, 3.63) is 24.3 Å². The molecule has 1 N–H and O–H groups in total. The molecule has 1 aromatic carbocycles. The van der Waals surface area contributed by atoms with Crippen LogP contribution in [0.25, 0.3) is 0 Å². The molecule has 1 unspecified atom stereocenters. The van der Waals surface area contributed by atoms with Gasteiger partial charge < -0.3 is 24.8 Å². The molecule has 2 fully saturated rings. The molecule has 0 aliphatic carbocycles. The molecular formula is C24H40N6O2. The van der Waals surface area contributed by atoms with E-state index in [4.69, 9.17) is 9.73 Å². The maximum Gasteiger partial charge on any atom is 0.239 e. The van der Waals surface area contributed by atoms with Crippen LogP contribution in [0.5, 0.6) is 5.75 Å². The van der Waals surface area contributed by atoms with E-state index >= 15 is 0 Å². The van der Waals surface area contributed by atoms with Crippen LogP contribution in [0.2, 0.25) is 0 Å². The number of guanidine groups is 1. The first-order valence-corrected chi connectivity index (χ1v) is 11.9. The Morgan fingerprint density at radius 1 is 1.16 bits per heavy atom. The van der Waals surface area contributed by atoms with Gasteiger partial charge in [-0.3, -0.25) is 14.7 Å². The number of amides is 1. The highest BCUT2D eigenvalue weighted by molar-refractivity contribution is 5.81. The molecular weight excluding hydrogens is 404 g/mol. The van der Waals surface area contributed by atoms with Gasteiger partial charge in [0.1, 0.15) is 5.75 Å². The molecule has 8 nitrogen and oxygen atoms in total. The average molecular weight is 445 g/mol. The minimum atomic E-state index is 0.0493. The van der Waals surface area contributed by atoms with E-state index in [1.54, 1.807) is 12.0 Å². The van der Waals surface area contributed by atoms with Gasteiger partial charge in [0.15, 0.2) is 5.96 Å². The number of aliphatic imine (C=N–C) groups is 1. The van der Waals surface area contributed by atoms with E-state index in [1.807, 2.05) is 26.2 Å². The molecule has 1 amide bonds. The molecule has 2 heterocycles. The number of benzene rings is 1. The molecule has 0 spiro atoms. The number of nitrogens with one attached hydrogen (secondary N) is 1. The van der Waals surface area contributed by atoms with Crippen LogP contribution in [0, 0.1) is 0 Å². The minimum absolute atomic E-state index is 0.0493. The standard InChI is InChI=1S/C24H40N6O2/c1-5-25-24(26-13-7-15-29-14-6-8-22(29)23(31)27(2)3)30-18-16-28(17-19-30)20-9-11-21(32-4)12-10-20/h9-12,22H,5-8,13-19H2,1-4H3,(H,25,26). The van der Waals surface area contributed by atoms with Crippen molar-refractivity contribution >= 4 is 17.6 Å². The van der Waals surface area contributed by atoms with E-state index in [-0.39, 0.29) is 11.9 Å². The lowest BCUT2D eigenvalue weighted by molar-refractivity contribution is -0.133. The van der Waals surface area contributed by atoms with Gasteiger partial charge >= 0.3 is 0 Å². The number of ether oxygens (including phenoxy) is 1. The normalized spacial score (nSPS) is 19.9. The van der Waals surface area contributed by atoms with E-state index in [1.165, 1.54) is 5.69 Å². The van der Waals surface area contributed by atoms with Crippen LogP contribution in [-0.2, 0) is 4.79 Å². The van der Waals surface area contributed by atoms with Crippen molar-refractivity contribution in [3.63, 3.8) is 0 Å². The number of anilines is 1. The Kier molecular flexibility index (Phi) is 9.02. The molecule has 2 saturated heterocycles. The first kappa shape index (κ1) is 24.2. The van der Waals surface area contributed by atoms with Crippen LogP contribution in [0.3, 0.4) is 0 Å². The third-order valence-corrected chi connectivity index (χ3v) is 6.31. The van der Waals surface area contributed by atoms with E-state index in [9.17, 15) is 4.79 Å². The first-order chi connectivity index (χ1) is 15.5. The zero-order chi connectivity index (χ0) is 22.9. The van der Waals surface area contributed by atoms with E-state index in [0.29, 0.717) is 0 Å². The number of likely N-dealkylation sites (tertiary alicyclic amines) is 1. The topological polar surface area (TPSA) is 63.7 Å². The maximum atomic E-state index is 12.4. The Bertz CT molecular complexity index is 743. The lowest BCUT2D eigenvalue weighted by Crippen LogP contribution is -2.52. The first-order valence-electron chi connectivity index (χ1n) is 11.9. The second kappa shape index (κ2) is 11.9. The fourth-order valence-corrected chi connectivity index (χ4v) is 4.53. The van der Waals surface area contributed by atoms with Gasteiger partial charge in [0.2, 0.25) is 5.91 Å². The maximum absolute atomic E-state index is 12.4. The Morgan fingerprint density at radius 2 is 1.88 bits per heavy atom. The molecule has 0 radical (unpaired) electrons. The molecule has 2 aliphatic heterocycles. The molecule has 178 valence electrons. The third-order valence-electron chi connectivity index (χ3n) is 6.31. The van der Waals surface area contributed by atoms with E-state index in [0.717, 1.165) is 83.3 Å². The van der Waals surface area contributed by atoms with Crippen molar-refractivity contribution in [2.45, 2.75) is 32.2 Å². The van der Waals surface area contributed by atoms with Crippen LogP contribution in [0.1, 0.15) is 26.2 Å². The van der Waals surface area contributed by atoms with Gasteiger partial charge in [-0.25, -0.2) is 0 Å². The number of likely N-dealkylation sites (N-methyl/N-ethyl adjacent to an activating group) is 1. The number of carbonyl (C=O) groups excluding carboxylic acids is 1. The summed E-state index contributed by atoms with van der Waals surface area (Å²) in [6, 6.07) is 8.34. The monoisotopic (exact) mass is 444 g/mol. The number of piperazine rings is 1. The van der Waals surface area contributed by atoms with Crippen molar-refractivity contribution in [3.8, 4) is 5.75 Å². The Balaban J connectivity index is 1.48. The smallest absolute Gasteiger partial charge is 0.239 e. The lowest BCUT2D eigenvalue weighted by Gasteiger charge is -2.37. The zero-order valence-corrected chi connectivity index (χ0v) is 20.2. The van der Waals surface area contributed by atoms with Gasteiger partial charge in [0, 0.05) is 65.6 Å². The van der Waals surface area contributed by atoms with Gasteiger partial charge in [-0.05, 0) is 57.0 Å².